The number of carbonyl (C=O) groups is 1. The van der Waals surface area contributed by atoms with E-state index >= 15 is 0 Å². The second kappa shape index (κ2) is 8.62. The normalized spacial score (nSPS) is 13.5. The second-order valence-corrected chi connectivity index (χ2v) is 5.06. The molecule has 1 amide bonds. The predicted octanol–water partition coefficient (Wildman–Crippen LogP) is 3.40. The molecule has 0 spiro atoms. The highest BCUT2D eigenvalue weighted by molar-refractivity contribution is 5.96. The first-order valence-corrected chi connectivity index (χ1v) is 7.60. The molecular formula is C16H26N2O3. The van der Waals surface area contributed by atoms with Gasteiger partial charge in [-0.05, 0) is 32.8 Å². The van der Waals surface area contributed by atoms with Gasteiger partial charge >= 0.3 is 0 Å². The molecule has 0 aliphatic heterocycles. The van der Waals surface area contributed by atoms with Gasteiger partial charge in [-0.3, -0.25) is 4.79 Å². The first-order valence-electron chi connectivity index (χ1n) is 7.60. The molecule has 1 rings (SSSR count). The van der Waals surface area contributed by atoms with Crippen molar-refractivity contribution < 1.29 is 14.3 Å². The molecule has 0 fully saturated rings. The quantitative estimate of drug-likeness (QED) is 0.709. The van der Waals surface area contributed by atoms with Crippen molar-refractivity contribution in [1.29, 1.82) is 0 Å². The molecule has 1 N–H and O–H groups in total. The Balaban J connectivity index is 2.60. The number of amides is 1. The Morgan fingerprint density at radius 1 is 1.33 bits per heavy atom. The van der Waals surface area contributed by atoms with Gasteiger partial charge in [0.2, 0.25) is 5.88 Å². The van der Waals surface area contributed by atoms with Crippen molar-refractivity contribution in [2.75, 3.05) is 18.5 Å². The maximum absolute atomic E-state index is 12.3. The number of nitrogens with zero attached hydrogens (tertiary/aromatic N) is 1. The molecule has 118 valence electrons. The van der Waals surface area contributed by atoms with Gasteiger partial charge in [-0.25, -0.2) is 4.98 Å². The number of hydrogen-bond donors (Lipinski definition) is 1. The zero-order chi connectivity index (χ0) is 15.7. The van der Waals surface area contributed by atoms with Crippen LogP contribution in [0, 0.1) is 0 Å². The predicted molar refractivity (Wildman–Crippen MR) is 83.6 cm³/mol. The van der Waals surface area contributed by atoms with Gasteiger partial charge in [0.25, 0.3) is 5.91 Å². The maximum atomic E-state index is 12.3. The van der Waals surface area contributed by atoms with Crippen molar-refractivity contribution in [2.45, 2.75) is 52.6 Å². The number of anilines is 1. The van der Waals surface area contributed by atoms with Crippen molar-refractivity contribution in [2.24, 2.45) is 0 Å². The van der Waals surface area contributed by atoms with Crippen LogP contribution >= 0.6 is 0 Å². The highest BCUT2D eigenvalue weighted by Crippen LogP contribution is 2.19. The summed E-state index contributed by atoms with van der Waals surface area (Å²) < 4.78 is 11.0. The van der Waals surface area contributed by atoms with E-state index in [2.05, 4.69) is 17.2 Å². The Labute approximate surface area is 127 Å². The highest BCUT2D eigenvalue weighted by Gasteiger charge is 2.31. The van der Waals surface area contributed by atoms with E-state index in [9.17, 15) is 4.79 Å². The summed E-state index contributed by atoms with van der Waals surface area (Å²) in [6.07, 6.45) is 4.30. The molecule has 0 radical (unpaired) electrons. The van der Waals surface area contributed by atoms with E-state index in [1.165, 1.54) is 0 Å². The lowest BCUT2D eigenvalue weighted by atomic mass is 10.0. The molecular weight excluding hydrogens is 268 g/mol. The summed E-state index contributed by atoms with van der Waals surface area (Å²) in [6.45, 7) is 8.87. The minimum absolute atomic E-state index is 0.159. The third-order valence-corrected chi connectivity index (χ3v) is 3.36. The number of carbonyl (C=O) groups excluding carboxylic acids is 1. The first kappa shape index (κ1) is 17.4. The SMILES string of the molecule is CCCCOc1ccc(NC(=O)[C@@](C)(CC)OCC)cn1. The number of rotatable bonds is 9. The Morgan fingerprint density at radius 3 is 2.62 bits per heavy atom. The van der Waals surface area contributed by atoms with Crippen molar-refractivity contribution >= 4 is 11.6 Å². The van der Waals surface area contributed by atoms with Crippen LogP contribution in [0.5, 0.6) is 5.88 Å². The Kier molecular flexibility index (Phi) is 7.15. The molecule has 1 heterocycles. The number of ether oxygens (including phenoxy) is 2. The molecule has 1 aromatic heterocycles. The Hall–Kier alpha value is -1.62. The fraction of sp³-hybridized carbons (Fsp3) is 0.625. The molecule has 1 atom stereocenters. The average molecular weight is 294 g/mol. The van der Waals surface area contributed by atoms with Crippen LogP contribution in [0.25, 0.3) is 0 Å². The first-order chi connectivity index (χ1) is 10.1. The van der Waals surface area contributed by atoms with E-state index in [1.54, 1.807) is 25.3 Å². The summed E-state index contributed by atoms with van der Waals surface area (Å²) >= 11 is 0. The molecule has 0 saturated carbocycles. The number of pyridine rings is 1. The molecule has 0 saturated heterocycles. The van der Waals surface area contributed by atoms with Crippen LogP contribution < -0.4 is 10.1 Å². The van der Waals surface area contributed by atoms with Crippen molar-refractivity contribution in [3.8, 4) is 5.88 Å². The lowest BCUT2D eigenvalue weighted by Crippen LogP contribution is -2.42. The van der Waals surface area contributed by atoms with Crippen LogP contribution in [0.15, 0.2) is 18.3 Å². The third-order valence-electron chi connectivity index (χ3n) is 3.36. The lowest BCUT2D eigenvalue weighted by Gasteiger charge is -2.26. The third kappa shape index (κ3) is 5.34. The molecule has 0 aliphatic carbocycles. The smallest absolute Gasteiger partial charge is 0.256 e. The lowest BCUT2D eigenvalue weighted by molar-refractivity contribution is -0.139. The van der Waals surface area contributed by atoms with Crippen molar-refractivity contribution in [1.82, 2.24) is 4.98 Å². The molecule has 0 aromatic carbocycles. The van der Waals surface area contributed by atoms with Gasteiger partial charge in [-0.1, -0.05) is 20.3 Å². The van der Waals surface area contributed by atoms with Gasteiger partial charge in [0.05, 0.1) is 18.5 Å². The summed E-state index contributed by atoms with van der Waals surface area (Å²) in [4.78, 5) is 16.4. The van der Waals surface area contributed by atoms with E-state index in [1.807, 2.05) is 13.8 Å². The number of aromatic nitrogens is 1. The molecule has 21 heavy (non-hydrogen) atoms. The second-order valence-electron chi connectivity index (χ2n) is 5.06. The summed E-state index contributed by atoms with van der Waals surface area (Å²) in [5.74, 6) is 0.415. The number of unbranched alkanes of at least 4 members (excludes halogenated alkanes) is 1. The standard InChI is InChI=1S/C16H26N2O3/c1-5-8-11-20-14-10-9-13(12-17-14)18-15(19)16(4,6-2)21-7-3/h9-10,12H,5-8,11H2,1-4H3,(H,18,19)/t16-/m1/s1. The molecule has 5 nitrogen and oxygen atoms in total. The molecule has 0 aliphatic rings. The maximum Gasteiger partial charge on any atom is 0.256 e. The summed E-state index contributed by atoms with van der Waals surface area (Å²) in [7, 11) is 0. The van der Waals surface area contributed by atoms with E-state index in [0.29, 0.717) is 31.2 Å². The van der Waals surface area contributed by atoms with Crippen LogP contribution in [0.1, 0.15) is 47.0 Å². The molecule has 0 bridgehead atoms. The molecule has 0 unspecified atom stereocenters. The molecule has 5 heteroatoms. The van der Waals surface area contributed by atoms with Crippen LogP contribution in [-0.2, 0) is 9.53 Å². The monoisotopic (exact) mass is 294 g/mol. The van der Waals surface area contributed by atoms with Crippen LogP contribution in [0.2, 0.25) is 0 Å². The summed E-state index contributed by atoms with van der Waals surface area (Å²) in [5.41, 5.74) is -0.173. The van der Waals surface area contributed by atoms with E-state index in [-0.39, 0.29) is 5.91 Å². The number of hydrogen-bond acceptors (Lipinski definition) is 4. The number of nitrogens with one attached hydrogen (secondary N) is 1. The van der Waals surface area contributed by atoms with E-state index in [4.69, 9.17) is 9.47 Å². The topological polar surface area (TPSA) is 60.5 Å². The fourth-order valence-electron chi connectivity index (χ4n) is 1.77. The fourth-order valence-corrected chi connectivity index (χ4v) is 1.77. The average Bonchev–Trinajstić information content (AvgIpc) is 2.49. The van der Waals surface area contributed by atoms with Crippen LogP contribution in [0.4, 0.5) is 5.69 Å². The van der Waals surface area contributed by atoms with Gasteiger partial charge in [-0.2, -0.15) is 0 Å². The van der Waals surface area contributed by atoms with Crippen LogP contribution in [0.3, 0.4) is 0 Å². The summed E-state index contributed by atoms with van der Waals surface area (Å²) in [6, 6.07) is 3.55. The van der Waals surface area contributed by atoms with Gasteiger partial charge in [-0.15, -0.1) is 0 Å². The largest absolute Gasteiger partial charge is 0.478 e. The minimum Gasteiger partial charge on any atom is -0.478 e. The van der Waals surface area contributed by atoms with E-state index in [0.717, 1.165) is 12.8 Å². The minimum atomic E-state index is -0.814. The van der Waals surface area contributed by atoms with Gasteiger partial charge in [0, 0.05) is 12.7 Å². The molecule has 1 aromatic rings. The zero-order valence-electron chi connectivity index (χ0n) is 13.4. The Morgan fingerprint density at radius 2 is 2.10 bits per heavy atom. The van der Waals surface area contributed by atoms with Gasteiger partial charge < -0.3 is 14.8 Å². The van der Waals surface area contributed by atoms with Crippen molar-refractivity contribution in [3.05, 3.63) is 18.3 Å². The summed E-state index contributed by atoms with van der Waals surface area (Å²) in [5, 5.41) is 2.83. The van der Waals surface area contributed by atoms with E-state index < -0.39 is 5.60 Å². The van der Waals surface area contributed by atoms with Crippen LogP contribution in [-0.4, -0.2) is 29.7 Å². The Bertz CT molecular complexity index is 434. The zero-order valence-corrected chi connectivity index (χ0v) is 13.4. The van der Waals surface area contributed by atoms with Crippen molar-refractivity contribution in [3.63, 3.8) is 0 Å². The van der Waals surface area contributed by atoms with Gasteiger partial charge in [0.15, 0.2) is 0 Å². The van der Waals surface area contributed by atoms with Gasteiger partial charge in [0.1, 0.15) is 5.60 Å². The highest BCUT2D eigenvalue weighted by atomic mass is 16.5.